The Morgan fingerprint density at radius 3 is 2.25 bits per heavy atom. The number of amides is 2. The lowest BCUT2D eigenvalue weighted by Crippen LogP contribution is -2.58. The maximum atomic E-state index is 13.8. The summed E-state index contributed by atoms with van der Waals surface area (Å²) in [5, 5.41) is 7.88. The minimum Gasteiger partial charge on any atom is -0.458 e. The number of piperidine rings is 1. The van der Waals surface area contributed by atoms with E-state index >= 15 is 0 Å². The van der Waals surface area contributed by atoms with E-state index < -0.39 is 35.6 Å². The summed E-state index contributed by atoms with van der Waals surface area (Å²) in [6.45, 7) is 9.74. The van der Waals surface area contributed by atoms with E-state index in [2.05, 4.69) is 10.6 Å². The molecule has 3 aromatic rings. The number of Topliss-reactive ketones (excluding diaryl/α,β-unsaturated/α-hetero) is 1. The van der Waals surface area contributed by atoms with Crippen LogP contribution in [0.3, 0.4) is 0 Å². The fourth-order valence-corrected chi connectivity index (χ4v) is 5.56. The van der Waals surface area contributed by atoms with Crippen molar-refractivity contribution in [2.45, 2.75) is 84.0 Å². The summed E-state index contributed by atoms with van der Waals surface area (Å²) in [5.74, 6) is -1.55. The van der Waals surface area contributed by atoms with Crippen LogP contribution in [-0.2, 0) is 25.5 Å². The first-order valence-electron chi connectivity index (χ1n) is 15.5. The Bertz CT molecular complexity index is 1460. The van der Waals surface area contributed by atoms with Crippen LogP contribution in [0.15, 0.2) is 72.8 Å². The molecule has 0 bridgehead atoms. The quantitative estimate of drug-likeness (QED) is 0.235. The molecule has 2 amide bonds. The molecule has 0 aromatic heterocycles. The molecule has 0 spiro atoms. The summed E-state index contributed by atoms with van der Waals surface area (Å²) in [6.07, 6.45) is 2.57. The second-order valence-electron chi connectivity index (χ2n) is 13.0. The smallest absolute Gasteiger partial charge is 0.329 e. The molecule has 0 saturated carbocycles. The van der Waals surface area contributed by atoms with Gasteiger partial charge in [0.15, 0.2) is 5.78 Å². The third-order valence-electron chi connectivity index (χ3n) is 7.88. The molecule has 3 atom stereocenters. The Kier molecular flexibility index (Phi) is 10.9. The zero-order valence-corrected chi connectivity index (χ0v) is 26.5. The van der Waals surface area contributed by atoms with Gasteiger partial charge in [-0.3, -0.25) is 19.3 Å². The highest BCUT2D eigenvalue weighted by Gasteiger charge is 2.35. The number of benzene rings is 3. The topological polar surface area (TPSA) is 105 Å². The van der Waals surface area contributed by atoms with E-state index in [1.165, 1.54) is 0 Å². The molecule has 234 valence electrons. The van der Waals surface area contributed by atoms with Crippen LogP contribution in [0.4, 0.5) is 0 Å². The molecule has 44 heavy (non-hydrogen) atoms. The summed E-state index contributed by atoms with van der Waals surface area (Å²) in [4.78, 5) is 55.8. The van der Waals surface area contributed by atoms with Gasteiger partial charge in [-0.2, -0.15) is 0 Å². The third-order valence-corrected chi connectivity index (χ3v) is 7.88. The van der Waals surface area contributed by atoms with E-state index in [1.54, 1.807) is 20.8 Å². The zero-order chi connectivity index (χ0) is 31.9. The lowest BCUT2D eigenvalue weighted by molar-refractivity contribution is -0.160. The average molecular weight is 600 g/mol. The second kappa shape index (κ2) is 14.6. The van der Waals surface area contributed by atoms with Crippen LogP contribution >= 0.6 is 0 Å². The molecule has 1 fully saturated rings. The maximum Gasteiger partial charge on any atom is 0.329 e. The highest BCUT2D eigenvalue weighted by molar-refractivity contribution is 6.01. The van der Waals surface area contributed by atoms with Crippen molar-refractivity contribution in [3.8, 4) is 0 Å². The summed E-state index contributed by atoms with van der Waals surface area (Å²) in [7, 11) is 0. The summed E-state index contributed by atoms with van der Waals surface area (Å²) in [6, 6.07) is 20.7. The van der Waals surface area contributed by atoms with Gasteiger partial charge in [0, 0.05) is 12.0 Å². The number of rotatable bonds is 11. The van der Waals surface area contributed by atoms with Crippen molar-refractivity contribution in [2.24, 2.45) is 5.92 Å². The van der Waals surface area contributed by atoms with Gasteiger partial charge in [0.1, 0.15) is 17.7 Å². The monoisotopic (exact) mass is 599 g/mol. The predicted octanol–water partition coefficient (Wildman–Crippen LogP) is 5.09. The number of nitrogens with one attached hydrogen (secondary N) is 2. The summed E-state index contributed by atoms with van der Waals surface area (Å²) in [5.41, 5.74) is 0.774. The molecule has 8 heteroatoms. The van der Waals surface area contributed by atoms with Crippen molar-refractivity contribution in [1.82, 2.24) is 15.5 Å². The molecule has 0 radical (unpaired) electrons. The van der Waals surface area contributed by atoms with Gasteiger partial charge in [-0.25, -0.2) is 4.79 Å². The number of ether oxygens (including phenoxy) is 1. The molecule has 1 saturated heterocycles. The second-order valence-corrected chi connectivity index (χ2v) is 13.0. The van der Waals surface area contributed by atoms with Crippen molar-refractivity contribution in [3.63, 3.8) is 0 Å². The lowest BCUT2D eigenvalue weighted by atomic mass is 9.98. The fraction of sp³-hybridized carbons (Fsp3) is 0.444. The van der Waals surface area contributed by atoms with Crippen molar-refractivity contribution >= 4 is 34.3 Å². The van der Waals surface area contributed by atoms with Gasteiger partial charge in [0.25, 0.3) is 0 Å². The minimum absolute atomic E-state index is 0.0498. The van der Waals surface area contributed by atoms with Crippen LogP contribution in [0.2, 0.25) is 0 Å². The van der Waals surface area contributed by atoms with E-state index in [0.29, 0.717) is 18.5 Å². The van der Waals surface area contributed by atoms with Gasteiger partial charge in [-0.05, 0) is 68.5 Å². The van der Waals surface area contributed by atoms with Gasteiger partial charge in [0.2, 0.25) is 11.8 Å². The van der Waals surface area contributed by atoms with Crippen LogP contribution in [0, 0.1) is 5.92 Å². The Morgan fingerprint density at radius 1 is 0.886 bits per heavy atom. The number of hydrogen-bond acceptors (Lipinski definition) is 6. The number of ketones is 1. The Morgan fingerprint density at radius 2 is 1.57 bits per heavy atom. The molecule has 2 N–H and O–H groups in total. The van der Waals surface area contributed by atoms with Gasteiger partial charge in [-0.1, -0.05) is 87.0 Å². The molecular weight excluding hydrogens is 554 g/mol. The van der Waals surface area contributed by atoms with Crippen LogP contribution in [0.25, 0.3) is 10.8 Å². The van der Waals surface area contributed by atoms with Gasteiger partial charge < -0.3 is 15.4 Å². The van der Waals surface area contributed by atoms with Crippen LogP contribution < -0.4 is 10.6 Å². The summed E-state index contributed by atoms with van der Waals surface area (Å²) < 4.78 is 5.57. The number of carbonyl (C=O) groups excluding carboxylic acids is 4. The van der Waals surface area contributed by atoms with E-state index in [9.17, 15) is 19.2 Å². The first kappa shape index (κ1) is 32.9. The molecule has 1 heterocycles. The number of likely N-dealkylation sites (tertiary alicyclic amines) is 1. The van der Waals surface area contributed by atoms with Crippen LogP contribution in [0.1, 0.15) is 69.8 Å². The van der Waals surface area contributed by atoms with Crippen molar-refractivity contribution in [3.05, 3.63) is 83.9 Å². The van der Waals surface area contributed by atoms with Gasteiger partial charge in [-0.15, -0.1) is 0 Å². The molecule has 1 aliphatic rings. The van der Waals surface area contributed by atoms with Crippen LogP contribution in [0.5, 0.6) is 0 Å². The zero-order valence-electron chi connectivity index (χ0n) is 26.5. The molecule has 0 aliphatic carbocycles. The molecule has 8 nitrogen and oxygen atoms in total. The van der Waals surface area contributed by atoms with Crippen LogP contribution in [-0.4, -0.2) is 65.3 Å². The number of esters is 1. The highest BCUT2D eigenvalue weighted by Crippen LogP contribution is 2.21. The largest absolute Gasteiger partial charge is 0.458 e. The molecule has 4 rings (SSSR count). The Hall–Kier alpha value is -4.04. The van der Waals surface area contributed by atoms with E-state index in [0.717, 1.165) is 29.2 Å². The van der Waals surface area contributed by atoms with E-state index in [-0.39, 0.29) is 30.6 Å². The van der Waals surface area contributed by atoms with Crippen molar-refractivity contribution in [2.75, 3.05) is 13.1 Å². The Labute approximate surface area is 260 Å². The Balaban J connectivity index is 1.50. The van der Waals surface area contributed by atoms with E-state index in [1.807, 2.05) is 91.5 Å². The fourth-order valence-electron chi connectivity index (χ4n) is 5.56. The highest BCUT2D eigenvalue weighted by atomic mass is 16.6. The standard InChI is InChI=1S/C36H45N3O5/c1-24(2)32(35(43)44-36(3,4)5)38-33(41)29(21-25-13-7-6-8-14-25)37-34(42)30-17-11-12-20-39(30)23-31(40)28-19-18-26-15-9-10-16-27(26)22-28/h6-10,13-16,18-19,22,24,29-30,32H,11-12,17,20-21,23H2,1-5H3,(H,37,42)(H,38,41)/t29-,30?,32-/m0/s1. The predicted molar refractivity (Wildman–Crippen MR) is 172 cm³/mol. The number of hydrogen-bond donors (Lipinski definition) is 2. The summed E-state index contributed by atoms with van der Waals surface area (Å²) >= 11 is 0. The molecular formula is C36H45N3O5. The number of nitrogens with zero attached hydrogens (tertiary/aromatic N) is 1. The normalized spacial score (nSPS) is 17.1. The average Bonchev–Trinajstić information content (AvgIpc) is 2.98. The third kappa shape index (κ3) is 8.99. The minimum atomic E-state index is -0.923. The van der Waals surface area contributed by atoms with Gasteiger partial charge >= 0.3 is 5.97 Å². The number of carbonyl (C=O) groups is 4. The molecule has 1 unspecified atom stereocenters. The molecule has 3 aromatic carbocycles. The SMILES string of the molecule is CC(C)[C@H](NC(=O)[C@H](Cc1ccccc1)NC(=O)C1CCCCN1CC(=O)c1ccc2ccccc2c1)C(=O)OC(C)(C)C. The lowest BCUT2D eigenvalue weighted by Gasteiger charge is -2.35. The van der Waals surface area contributed by atoms with Gasteiger partial charge in [0.05, 0.1) is 12.6 Å². The number of fused-ring (bicyclic) bond motifs is 1. The van der Waals surface area contributed by atoms with Crippen molar-refractivity contribution < 1.29 is 23.9 Å². The van der Waals surface area contributed by atoms with Crippen molar-refractivity contribution in [1.29, 1.82) is 0 Å². The van der Waals surface area contributed by atoms with E-state index in [4.69, 9.17) is 4.74 Å². The first-order chi connectivity index (χ1) is 20.9. The first-order valence-corrected chi connectivity index (χ1v) is 15.5. The molecule has 1 aliphatic heterocycles. The maximum absolute atomic E-state index is 13.8.